The van der Waals surface area contributed by atoms with E-state index in [9.17, 15) is 19.2 Å². The van der Waals surface area contributed by atoms with Crippen molar-refractivity contribution in [2.45, 2.75) is 33.7 Å². The molecule has 2 aromatic rings. The molecule has 0 radical (unpaired) electrons. The Hall–Kier alpha value is -2.90. The summed E-state index contributed by atoms with van der Waals surface area (Å²) >= 11 is 11.9. The molecule has 2 N–H and O–H groups in total. The highest BCUT2D eigenvalue weighted by atomic mass is 35.5. The number of carbonyl (C=O) groups excluding carboxylic acids is 4. The van der Waals surface area contributed by atoms with Gasteiger partial charge in [0.25, 0.3) is 11.8 Å². The smallest absolute Gasteiger partial charge is 0.262 e. The van der Waals surface area contributed by atoms with E-state index in [1.807, 2.05) is 0 Å². The Labute approximate surface area is 189 Å². The summed E-state index contributed by atoms with van der Waals surface area (Å²) in [6.07, 6.45) is 0. The molecule has 9 heteroatoms. The third-order valence-electron chi connectivity index (χ3n) is 4.79. The van der Waals surface area contributed by atoms with Gasteiger partial charge < -0.3 is 10.6 Å². The molecule has 1 unspecified atom stereocenters. The lowest BCUT2D eigenvalue weighted by molar-refractivity contribution is -0.123. The minimum absolute atomic E-state index is 0.103. The zero-order chi connectivity index (χ0) is 23.1. The molecular weight excluding hydrogens is 441 g/mol. The number of fused-ring (bicyclic) bond motifs is 1. The first-order valence-corrected chi connectivity index (χ1v) is 10.2. The summed E-state index contributed by atoms with van der Waals surface area (Å²) in [4.78, 5) is 51.3. The number of anilines is 2. The molecule has 0 aromatic heterocycles. The molecule has 1 aliphatic rings. The Morgan fingerprint density at radius 2 is 1.39 bits per heavy atom. The number of nitrogens with one attached hydrogen (secondary N) is 2. The SMILES string of the molecule is CC(C(=O)Nc1cccc(NC(=O)C(C)(C)C)c1)N1C(=O)c2cc(Cl)c(Cl)cc2C1=O. The average molecular weight is 462 g/mol. The van der Waals surface area contributed by atoms with Crippen LogP contribution < -0.4 is 10.6 Å². The fourth-order valence-electron chi connectivity index (χ4n) is 2.96. The van der Waals surface area contributed by atoms with Gasteiger partial charge >= 0.3 is 0 Å². The van der Waals surface area contributed by atoms with Gasteiger partial charge in [0, 0.05) is 16.8 Å². The van der Waals surface area contributed by atoms with Crippen molar-refractivity contribution in [1.82, 2.24) is 4.90 Å². The van der Waals surface area contributed by atoms with Gasteiger partial charge in [0.05, 0.1) is 21.2 Å². The van der Waals surface area contributed by atoms with Crippen LogP contribution in [0.3, 0.4) is 0 Å². The standard InChI is InChI=1S/C22H21Cl2N3O4/c1-11(27-19(29)14-9-16(23)17(24)10-15(14)20(27)30)18(28)25-12-6-5-7-13(8-12)26-21(31)22(2,3)4/h5-11H,1-4H3,(H,25,28)(H,26,31). The van der Waals surface area contributed by atoms with Crippen LogP contribution >= 0.6 is 23.2 Å². The minimum atomic E-state index is -1.09. The average Bonchev–Trinajstić information content (AvgIpc) is 2.91. The summed E-state index contributed by atoms with van der Waals surface area (Å²) < 4.78 is 0. The number of amides is 4. The maximum absolute atomic E-state index is 12.8. The third-order valence-corrected chi connectivity index (χ3v) is 5.52. The highest BCUT2D eigenvalue weighted by molar-refractivity contribution is 6.43. The predicted molar refractivity (Wildman–Crippen MR) is 120 cm³/mol. The van der Waals surface area contributed by atoms with Crippen molar-refractivity contribution in [3.63, 3.8) is 0 Å². The molecule has 1 atom stereocenters. The normalized spacial score (nSPS) is 14.3. The summed E-state index contributed by atoms with van der Waals surface area (Å²) in [7, 11) is 0. The van der Waals surface area contributed by atoms with Gasteiger partial charge in [-0.3, -0.25) is 24.1 Å². The molecule has 31 heavy (non-hydrogen) atoms. The maximum Gasteiger partial charge on any atom is 0.262 e. The largest absolute Gasteiger partial charge is 0.326 e. The van der Waals surface area contributed by atoms with Gasteiger partial charge in [-0.1, -0.05) is 50.0 Å². The van der Waals surface area contributed by atoms with Gasteiger partial charge in [-0.2, -0.15) is 0 Å². The highest BCUT2D eigenvalue weighted by Gasteiger charge is 2.41. The lowest BCUT2D eigenvalue weighted by Gasteiger charge is -2.22. The second-order valence-corrected chi connectivity index (χ2v) is 9.06. The molecule has 2 aromatic carbocycles. The van der Waals surface area contributed by atoms with E-state index in [2.05, 4.69) is 10.6 Å². The molecule has 0 fully saturated rings. The Morgan fingerprint density at radius 1 is 0.903 bits per heavy atom. The molecule has 1 heterocycles. The number of hydrogen-bond donors (Lipinski definition) is 2. The molecule has 7 nitrogen and oxygen atoms in total. The number of nitrogens with zero attached hydrogens (tertiary/aromatic N) is 1. The quantitative estimate of drug-likeness (QED) is 0.650. The van der Waals surface area contributed by atoms with Crippen LogP contribution in [0.15, 0.2) is 36.4 Å². The fourth-order valence-corrected chi connectivity index (χ4v) is 3.29. The number of imide groups is 1. The van der Waals surface area contributed by atoms with Gasteiger partial charge in [-0.25, -0.2) is 0 Å². The molecule has 0 saturated heterocycles. The summed E-state index contributed by atoms with van der Waals surface area (Å²) in [5, 5.41) is 5.75. The summed E-state index contributed by atoms with van der Waals surface area (Å²) in [5.41, 5.74) is 0.545. The first kappa shape index (κ1) is 22.8. The van der Waals surface area contributed by atoms with Crippen LogP contribution in [0.4, 0.5) is 11.4 Å². The summed E-state index contributed by atoms with van der Waals surface area (Å²) in [6, 6.07) is 8.16. The van der Waals surface area contributed by atoms with Crippen LogP contribution in [0.2, 0.25) is 10.0 Å². The molecule has 0 saturated carbocycles. The van der Waals surface area contributed by atoms with Gasteiger partial charge in [0.2, 0.25) is 11.8 Å². The van der Waals surface area contributed by atoms with Crippen molar-refractivity contribution in [3.05, 3.63) is 57.6 Å². The lowest BCUT2D eigenvalue weighted by Crippen LogP contribution is -2.45. The highest BCUT2D eigenvalue weighted by Crippen LogP contribution is 2.32. The van der Waals surface area contributed by atoms with Gasteiger partial charge in [0.15, 0.2) is 0 Å². The molecule has 0 spiro atoms. The zero-order valence-corrected chi connectivity index (χ0v) is 18.9. The number of hydrogen-bond acceptors (Lipinski definition) is 4. The number of rotatable bonds is 4. The van der Waals surface area contributed by atoms with Crippen molar-refractivity contribution in [2.24, 2.45) is 5.41 Å². The van der Waals surface area contributed by atoms with Crippen LogP contribution in [-0.4, -0.2) is 34.6 Å². The number of benzene rings is 2. The summed E-state index contributed by atoms with van der Waals surface area (Å²) in [6.45, 7) is 6.82. The van der Waals surface area contributed by atoms with Crippen molar-refractivity contribution >= 4 is 58.2 Å². The Kier molecular flexibility index (Phi) is 6.11. The number of carbonyl (C=O) groups is 4. The summed E-state index contributed by atoms with van der Waals surface area (Å²) in [5.74, 6) is -1.97. The minimum Gasteiger partial charge on any atom is -0.326 e. The Bertz CT molecular complexity index is 1070. The lowest BCUT2D eigenvalue weighted by atomic mass is 9.95. The van der Waals surface area contributed by atoms with E-state index in [1.165, 1.54) is 19.1 Å². The van der Waals surface area contributed by atoms with Crippen LogP contribution in [0, 0.1) is 5.41 Å². The molecule has 0 bridgehead atoms. The first-order valence-electron chi connectivity index (χ1n) is 9.49. The van der Waals surface area contributed by atoms with Gasteiger partial charge in [0.1, 0.15) is 6.04 Å². The molecule has 4 amide bonds. The van der Waals surface area contributed by atoms with Crippen molar-refractivity contribution < 1.29 is 19.2 Å². The van der Waals surface area contributed by atoms with E-state index < -0.39 is 29.2 Å². The molecule has 0 aliphatic carbocycles. The van der Waals surface area contributed by atoms with Crippen molar-refractivity contribution in [3.8, 4) is 0 Å². The molecular formula is C22H21Cl2N3O4. The third kappa shape index (κ3) is 4.57. The van der Waals surface area contributed by atoms with Gasteiger partial charge in [-0.15, -0.1) is 0 Å². The zero-order valence-electron chi connectivity index (χ0n) is 17.4. The molecule has 162 valence electrons. The van der Waals surface area contributed by atoms with E-state index in [1.54, 1.807) is 45.0 Å². The topological polar surface area (TPSA) is 95.6 Å². The monoisotopic (exact) mass is 461 g/mol. The van der Waals surface area contributed by atoms with Gasteiger partial charge in [-0.05, 0) is 37.3 Å². The van der Waals surface area contributed by atoms with E-state index in [-0.39, 0.29) is 27.1 Å². The van der Waals surface area contributed by atoms with E-state index in [4.69, 9.17) is 23.2 Å². The molecule has 3 rings (SSSR count). The second kappa shape index (κ2) is 8.32. The number of halogens is 2. The molecule has 1 aliphatic heterocycles. The van der Waals surface area contributed by atoms with Crippen LogP contribution in [-0.2, 0) is 9.59 Å². The first-order chi connectivity index (χ1) is 14.4. The van der Waals surface area contributed by atoms with Crippen LogP contribution in [0.1, 0.15) is 48.4 Å². The van der Waals surface area contributed by atoms with E-state index in [0.717, 1.165) is 4.90 Å². The second-order valence-electron chi connectivity index (χ2n) is 8.24. The van der Waals surface area contributed by atoms with E-state index in [0.29, 0.717) is 11.4 Å². The maximum atomic E-state index is 12.8. The van der Waals surface area contributed by atoms with Crippen LogP contribution in [0.25, 0.3) is 0 Å². The Morgan fingerprint density at radius 3 is 1.87 bits per heavy atom. The fraction of sp³-hybridized carbons (Fsp3) is 0.273. The van der Waals surface area contributed by atoms with Crippen molar-refractivity contribution in [1.29, 1.82) is 0 Å². The predicted octanol–water partition coefficient (Wildman–Crippen LogP) is 4.60. The van der Waals surface area contributed by atoms with Crippen LogP contribution in [0.5, 0.6) is 0 Å². The van der Waals surface area contributed by atoms with Crippen molar-refractivity contribution in [2.75, 3.05) is 10.6 Å². The van der Waals surface area contributed by atoms with E-state index >= 15 is 0 Å². The Balaban J connectivity index is 1.76.